The second kappa shape index (κ2) is 12.9. The number of halogens is 3. The number of amides is 2. The zero-order valence-electron chi connectivity index (χ0n) is 25.4. The Morgan fingerprint density at radius 2 is 2.00 bits per heavy atom. The maximum Gasteiger partial charge on any atom is 0.251 e. The van der Waals surface area contributed by atoms with E-state index in [-0.39, 0.29) is 58.4 Å². The number of carbonyl (C=O) groups is 2. The molecule has 1 aliphatic carbocycles. The average Bonchev–Trinajstić information content (AvgIpc) is 3.55. The first-order valence-electron chi connectivity index (χ1n) is 14.7. The van der Waals surface area contributed by atoms with Gasteiger partial charge in [0, 0.05) is 39.9 Å². The maximum absolute atomic E-state index is 15.3. The van der Waals surface area contributed by atoms with E-state index in [1.54, 1.807) is 35.9 Å². The number of nitrogens with two attached hydrogens (primary N) is 1. The third kappa shape index (κ3) is 6.38. The van der Waals surface area contributed by atoms with Gasteiger partial charge in [-0.25, -0.2) is 13.8 Å². The molecule has 14 heteroatoms. The SMILES string of the molecule is CCOc1c(CC(N)=O)cc([C@@](O)(CNC(=O)c2cc(OC)c3nn(C4CC4)cc3c2)c2ccsc2)nc1-c1cc(Cl)c(F)cc1F. The van der Waals surface area contributed by atoms with Gasteiger partial charge in [0.15, 0.2) is 0 Å². The Morgan fingerprint density at radius 1 is 1.21 bits per heavy atom. The number of pyridine rings is 1. The van der Waals surface area contributed by atoms with Gasteiger partial charge in [0.05, 0.1) is 43.4 Å². The Balaban J connectivity index is 1.43. The fourth-order valence-electron chi connectivity index (χ4n) is 5.39. The fraction of sp³-hybridized carbons (Fsp3) is 0.273. The third-order valence-corrected chi connectivity index (χ3v) is 8.86. The number of carbonyl (C=O) groups excluding carboxylic acids is 2. The molecule has 4 N–H and O–H groups in total. The summed E-state index contributed by atoms with van der Waals surface area (Å²) in [6.45, 7) is 1.40. The van der Waals surface area contributed by atoms with Gasteiger partial charge in [-0.3, -0.25) is 14.3 Å². The van der Waals surface area contributed by atoms with E-state index in [1.807, 2.05) is 10.9 Å². The van der Waals surface area contributed by atoms with E-state index in [0.717, 1.165) is 24.3 Å². The fourth-order valence-corrected chi connectivity index (χ4v) is 6.28. The third-order valence-electron chi connectivity index (χ3n) is 7.89. The van der Waals surface area contributed by atoms with Gasteiger partial charge in [-0.2, -0.15) is 16.4 Å². The Labute approximate surface area is 277 Å². The van der Waals surface area contributed by atoms with Crippen molar-refractivity contribution in [1.29, 1.82) is 0 Å². The van der Waals surface area contributed by atoms with Gasteiger partial charge in [0.2, 0.25) is 5.91 Å². The molecule has 1 fully saturated rings. The molecule has 0 saturated heterocycles. The first-order chi connectivity index (χ1) is 22.5. The first kappa shape index (κ1) is 32.4. The van der Waals surface area contributed by atoms with Crippen LogP contribution in [0.15, 0.2) is 53.4 Å². The molecule has 0 radical (unpaired) electrons. The van der Waals surface area contributed by atoms with Crippen LogP contribution in [-0.2, 0) is 16.8 Å². The summed E-state index contributed by atoms with van der Waals surface area (Å²) in [6, 6.07) is 8.34. The first-order valence-corrected chi connectivity index (χ1v) is 16.0. The van der Waals surface area contributed by atoms with E-state index >= 15 is 4.39 Å². The smallest absolute Gasteiger partial charge is 0.251 e. The lowest BCUT2D eigenvalue weighted by Gasteiger charge is -2.29. The van der Waals surface area contributed by atoms with E-state index < -0.39 is 29.0 Å². The van der Waals surface area contributed by atoms with Crippen LogP contribution in [0.5, 0.6) is 11.5 Å². The van der Waals surface area contributed by atoms with Gasteiger partial charge in [-0.15, -0.1) is 0 Å². The molecule has 47 heavy (non-hydrogen) atoms. The molecule has 1 saturated carbocycles. The number of hydrogen-bond donors (Lipinski definition) is 3. The van der Waals surface area contributed by atoms with Crippen LogP contribution in [0, 0.1) is 11.6 Å². The molecule has 0 spiro atoms. The highest BCUT2D eigenvalue weighted by Crippen LogP contribution is 2.40. The van der Waals surface area contributed by atoms with Crippen molar-refractivity contribution >= 4 is 45.7 Å². The molecule has 1 atom stereocenters. The zero-order chi connectivity index (χ0) is 33.5. The molecule has 0 aliphatic heterocycles. The Bertz CT molecular complexity index is 2000. The Morgan fingerprint density at radius 3 is 2.66 bits per heavy atom. The lowest BCUT2D eigenvalue weighted by molar-refractivity contribution is -0.117. The second-order valence-corrected chi connectivity index (χ2v) is 12.4. The van der Waals surface area contributed by atoms with Gasteiger partial charge in [-0.05, 0) is 60.9 Å². The van der Waals surface area contributed by atoms with Crippen LogP contribution >= 0.6 is 22.9 Å². The summed E-state index contributed by atoms with van der Waals surface area (Å²) < 4.78 is 42.6. The number of benzene rings is 2. The molecular formula is C33H30ClF2N5O5S. The van der Waals surface area contributed by atoms with Crippen molar-refractivity contribution in [3.63, 3.8) is 0 Å². The summed E-state index contributed by atoms with van der Waals surface area (Å²) in [5.74, 6) is -2.78. The Kier molecular flexibility index (Phi) is 8.88. The lowest BCUT2D eigenvalue weighted by atomic mass is 9.89. The van der Waals surface area contributed by atoms with Crippen LogP contribution in [0.4, 0.5) is 8.78 Å². The van der Waals surface area contributed by atoms with Crippen LogP contribution in [-0.4, -0.2) is 51.9 Å². The number of nitrogens with zero attached hydrogens (tertiary/aromatic N) is 3. The van der Waals surface area contributed by atoms with Gasteiger partial charge in [-0.1, -0.05) is 11.6 Å². The highest BCUT2D eigenvalue weighted by Gasteiger charge is 2.37. The molecular weight excluding hydrogens is 652 g/mol. The molecule has 10 nitrogen and oxygen atoms in total. The van der Waals surface area contributed by atoms with Gasteiger partial charge in [0.1, 0.15) is 39.9 Å². The second-order valence-electron chi connectivity index (χ2n) is 11.2. The molecule has 6 rings (SSSR count). The number of aromatic nitrogens is 3. The van der Waals surface area contributed by atoms with Crippen molar-refractivity contribution in [3.05, 3.63) is 92.4 Å². The van der Waals surface area contributed by atoms with E-state index in [1.165, 1.54) is 24.5 Å². The number of aliphatic hydroxyl groups is 1. The summed E-state index contributed by atoms with van der Waals surface area (Å²) in [5.41, 5.74) is 4.62. The predicted molar refractivity (Wildman–Crippen MR) is 173 cm³/mol. The molecule has 3 aromatic heterocycles. The van der Waals surface area contributed by atoms with Crippen molar-refractivity contribution < 1.29 is 33.0 Å². The number of hydrogen-bond acceptors (Lipinski definition) is 8. The van der Waals surface area contributed by atoms with Crippen LogP contribution in [0.2, 0.25) is 5.02 Å². The summed E-state index contributed by atoms with van der Waals surface area (Å²) >= 11 is 7.32. The molecule has 1 aliphatic rings. The number of methoxy groups -OCH3 is 1. The molecule has 244 valence electrons. The molecule has 3 heterocycles. The normalized spacial score (nSPS) is 14.2. The highest BCUT2D eigenvalue weighted by atomic mass is 35.5. The summed E-state index contributed by atoms with van der Waals surface area (Å²) in [7, 11) is 1.50. The summed E-state index contributed by atoms with van der Waals surface area (Å²) in [5, 5.41) is 23.5. The van der Waals surface area contributed by atoms with Crippen molar-refractivity contribution in [2.24, 2.45) is 5.73 Å². The standard InChI is InChI=1S/C33H30ClF2N5O5S/c1-3-46-31-17(11-28(37)42)10-27(39-30(31)22-12-23(34)25(36)13-24(22)35)33(44,20-6-7-47-15-20)16-38-32(43)18-8-19-14-41(21-4-5-21)40-29(19)26(9-18)45-2/h6-10,12-15,21,44H,3-5,11,16H2,1-2H3,(H2,37,42)(H,38,43)/t33-/m1/s1. The van der Waals surface area contributed by atoms with E-state index in [2.05, 4.69) is 15.4 Å². The number of ether oxygens (including phenoxy) is 2. The van der Waals surface area contributed by atoms with Gasteiger partial charge >= 0.3 is 0 Å². The van der Waals surface area contributed by atoms with Crippen molar-refractivity contribution in [3.8, 4) is 22.8 Å². The molecule has 2 aromatic carbocycles. The van der Waals surface area contributed by atoms with Crippen LogP contribution in [0.3, 0.4) is 0 Å². The van der Waals surface area contributed by atoms with Crippen molar-refractivity contribution in [2.45, 2.75) is 37.8 Å². The minimum Gasteiger partial charge on any atom is -0.494 e. The minimum atomic E-state index is -1.99. The lowest BCUT2D eigenvalue weighted by Crippen LogP contribution is -2.42. The van der Waals surface area contributed by atoms with Gasteiger partial charge < -0.3 is 25.6 Å². The van der Waals surface area contributed by atoms with Crippen molar-refractivity contribution in [1.82, 2.24) is 20.1 Å². The van der Waals surface area contributed by atoms with E-state index in [9.17, 15) is 19.1 Å². The maximum atomic E-state index is 15.3. The average molecular weight is 682 g/mol. The largest absolute Gasteiger partial charge is 0.494 e. The minimum absolute atomic E-state index is 0.0143. The summed E-state index contributed by atoms with van der Waals surface area (Å²) in [6.07, 6.45) is 3.59. The topological polar surface area (TPSA) is 142 Å². The predicted octanol–water partition coefficient (Wildman–Crippen LogP) is 5.53. The molecule has 2 amide bonds. The number of thiophene rings is 1. The number of fused-ring (bicyclic) bond motifs is 1. The number of nitrogens with one attached hydrogen (secondary N) is 1. The monoisotopic (exact) mass is 681 g/mol. The van der Waals surface area contributed by atoms with E-state index in [0.29, 0.717) is 28.9 Å². The summed E-state index contributed by atoms with van der Waals surface area (Å²) in [4.78, 5) is 30.4. The Hall–Kier alpha value is -4.59. The zero-order valence-corrected chi connectivity index (χ0v) is 26.9. The van der Waals surface area contributed by atoms with E-state index in [4.69, 9.17) is 26.8 Å². The van der Waals surface area contributed by atoms with Gasteiger partial charge in [0.25, 0.3) is 5.91 Å². The molecule has 0 bridgehead atoms. The van der Waals surface area contributed by atoms with Crippen LogP contribution in [0.1, 0.15) is 53.0 Å². The number of rotatable bonds is 12. The van der Waals surface area contributed by atoms with Crippen LogP contribution in [0.25, 0.3) is 22.2 Å². The highest BCUT2D eigenvalue weighted by molar-refractivity contribution is 7.08. The quantitative estimate of drug-likeness (QED) is 0.147. The molecule has 5 aromatic rings. The van der Waals surface area contributed by atoms with Crippen molar-refractivity contribution in [2.75, 3.05) is 20.3 Å². The van der Waals surface area contributed by atoms with Crippen LogP contribution < -0.4 is 20.5 Å². The number of primary amides is 1. The molecule has 0 unspecified atom stereocenters.